The fourth-order valence-corrected chi connectivity index (χ4v) is 3.75. The van der Waals surface area contributed by atoms with Crippen LogP contribution in [0.5, 0.6) is 0 Å². The Morgan fingerprint density at radius 1 is 1.16 bits per heavy atom. The van der Waals surface area contributed by atoms with E-state index in [0.29, 0.717) is 19.1 Å². The normalized spacial score (nSPS) is 18.6. The average Bonchev–Trinajstić information content (AvgIpc) is 3.41. The van der Waals surface area contributed by atoms with E-state index in [2.05, 4.69) is 5.10 Å². The van der Waals surface area contributed by atoms with Crippen molar-refractivity contribution in [3.63, 3.8) is 0 Å². The molecule has 1 aromatic carbocycles. The summed E-state index contributed by atoms with van der Waals surface area (Å²) in [4.78, 5) is 26.9. The number of piperidine rings is 1. The second-order valence-electron chi connectivity index (χ2n) is 7.30. The number of rotatable bonds is 3. The van der Waals surface area contributed by atoms with Gasteiger partial charge in [0.05, 0.1) is 0 Å². The third kappa shape index (κ3) is 3.01. The van der Waals surface area contributed by atoms with Gasteiger partial charge in [-0.3, -0.25) is 9.36 Å². The lowest BCUT2D eigenvalue weighted by molar-refractivity contribution is 0.0710. The minimum atomic E-state index is -0.00392. The molecule has 1 aromatic heterocycles. The molecule has 0 atom stereocenters. The van der Waals surface area contributed by atoms with E-state index < -0.39 is 0 Å². The Balaban J connectivity index is 1.48. The SMILES string of the molecule is Cc1cccc(C(=O)N2CCC(c3nn(C)c(=O)n3C3CC3)CC2)c1. The maximum Gasteiger partial charge on any atom is 0.345 e. The summed E-state index contributed by atoms with van der Waals surface area (Å²) in [5.41, 5.74) is 1.85. The minimum Gasteiger partial charge on any atom is -0.339 e. The fraction of sp³-hybridized carbons (Fsp3) is 0.526. The first-order valence-corrected chi connectivity index (χ1v) is 9.06. The molecule has 0 spiro atoms. The lowest BCUT2D eigenvalue weighted by Crippen LogP contribution is -2.38. The highest BCUT2D eigenvalue weighted by atomic mass is 16.2. The Kier molecular flexibility index (Phi) is 3.98. The molecule has 0 unspecified atom stereocenters. The predicted molar refractivity (Wildman–Crippen MR) is 94.8 cm³/mol. The molecule has 0 bridgehead atoms. The van der Waals surface area contributed by atoms with E-state index in [1.807, 2.05) is 40.7 Å². The Morgan fingerprint density at radius 2 is 1.88 bits per heavy atom. The maximum atomic E-state index is 12.7. The highest BCUT2D eigenvalue weighted by Gasteiger charge is 2.34. The molecule has 2 aliphatic rings. The van der Waals surface area contributed by atoms with Crippen LogP contribution in [0.2, 0.25) is 0 Å². The average molecular weight is 340 g/mol. The number of aromatic nitrogens is 3. The van der Waals surface area contributed by atoms with Crippen LogP contribution in [0.3, 0.4) is 0 Å². The zero-order valence-electron chi connectivity index (χ0n) is 14.8. The largest absolute Gasteiger partial charge is 0.345 e. The molecule has 2 fully saturated rings. The molecule has 132 valence electrons. The molecular weight excluding hydrogens is 316 g/mol. The maximum absolute atomic E-state index is 12.7. The van der Waals surface area contributed by atoms with Crippen molar-refractivity contribution in [3.8, 4) is 0 Å². The van der Waals surface area contributed by atoms with Crippen molar-refractivity contribution < 1.29 is 4.79 Å². The number of aryl methyl sites for hydroxylation is 2. The van der Waals surface area contributed by atoms with Gasteiger partial charge < -0.3 is 4.90 Å². The summed E-state index contributed by atoms with van der Waals surface area (Å²) in [6, 6.07) is 8.09. The first-order valence-electron chi connectivity index (χ1n) is 9.06. The van der Waals surface area contributed by atoms with E-state index in [9.17, 15) is 9.59 Å². The van der Waals surface area contributed by atoms with E-state index in [-0.39, 0.29) is 17.5 Å². The smallest absolute Gasteiger partial charge is 0.339 e. The molecule has 2 heterocycles. The van der Waals surface area contributed by atoms with E-state index in [4.69, 9.17) is 0 Å². The fourth-order valence-electron chi connectivity index (χ4n) is 3.75. The van der Waals surface area contributed by atoms with Crippen molar-refractivity contribution in [2.45, 2.75) is 44.6 Å². The summed E-state index contributed by atoms with van der Waals surface area (Å²) in [5, 5.41) is 4.50. The van der Waals surface area contributed by atoms with E-state index >= 15 is 0 Å². The molecular formula is C19H24N4O2. The van der Waals surface area contributed by atoms with Gasteiger partial charge in [0.15, 0.2) is 0 Å². The molecule has 1 saturated heterocycles. The van der Waals surface area contributed by atoms with Gasteiger partial charge in [0.1, 0.15) is 5.82 Å². The van der Waals surface area contributed by atoms with Crippen LogP contribution in [-0.4, -0.2) is 38.2 Å². The van der Waals surface area contributed by atoms with Crippen molar-refractivity contribution in [3.05, 3.63) is 51.7 Å². The second kappa shape index (κ2) is 6.17. The number of carbonyl (C=O) groups is 1. The summed E-state index contributed by atoms with van der Waals surface area (Å²) in [5.74, 6) is 1.27. The van der Waals surface area contributed by atoms with E-state index in [0.717, 1.165) is 42.6 Å². The second-order valence-corrected chi connectivity index (χ2v) is 7.30. The molecule has 1 amide bonds. The van der Waals surface area contributed by atoms with Crippen LogP contribution >= 0.6 is 0 Å². The highest BCUT2D eigenvalue weighted by molar-refractivity contribution is 5.94. The molecule has 0 radical (unpaired) electrons. The highest BCUT2D eigenvalue weighted by Crippen LogP contribution is 2.37. The van der Waals surface area contributed by atoms with Crippen molar-refractivity contribution in [2.75, 3.05) is 13.1 Å². The molecule has 0 N–H and O–H groups in total. The molecule has 1 aliphatic carbocycles. The van der Waals surface area contributed by atoms with Crippen molar-refractivity contribution in [1.29, 1.82) is 0 Å². The summed E-state index contributed by atoms with van der Waals surface area (Å²) in [6.45, 7) is 3.43. The van der Waals surface area contributed by atoms with Crippen LogP contribution in [0, 0.1) is 6.92 Å². The summed E-state index contributed by atoms with van der Waals surface area (Å²) in [7, 11) is 1.72. The number of likely N-dealkylation sites (tertiary alicyclic amines) is 1. The van der Waals surface area contributed by atoms with Crippen LogP contribution in [0.1, 0.15) is 59.4 Å². The lowest BCUT2D eigenvalue weighted by atomic mass is 9.95. The third-order valence-electron chi connectivity index (χ3n) is 5.31. The Morgan fingerprint density at radius 3 is 2.52 bits per heavy atom. The topological polar surface area (TPSA) is 60.1 Å². The van der Waals surface area contributed by atoms with Crippen LogP contribution < -0.4 is 5.69 Å². The Hall–Kier alpha value is -2.37. The van der Waals surface area contributed by atoms with Gasteiger partial charge in [-0.1, -0.05) is 17.7 Å². The monoisotopic (exact) mass is 340 g/mol. The summed E-state index contributed by atoms with van der Waals surface area (Å²) >= 11 is 0. The van der Waals surface area contributed by atoms with Gasteiger partial charge in [-0.25, -0.2) is 9.48 Å². The van der Waals surface area contributed by atoms with Crippen LogP contribution in [0.25, 0.3) is 0 Å². The van der Waals surface area contributed by atoms with Gasteiger partial charge in [0, 0.05) is 37.7 Å². The zero-order valence-corrected chi connectivity index (χ0v) is 14.8. The van der Waals surface area contributed by atoms with Crippen LogP contribution in [0.15, 0.2) is 29.1 Å². The summed E-state index contributed by atoms with van der Waals surface area (Å²) < 4.78 is 3.35. The zero-order chi connectivity index (χ0) is 17.6. The van der Waals surface area contributed by atoms with Gasteiger partial charge in [-0.15, -0.1) is 0 Å². The standard InChI is InChI=1S/C19H24N4O2/c1-13-4-3-5-15(12-13)18(24)22-10-8-14(9-11-22)17-20-21(2)19(25)23(17)16-6-7-16/h3-5,12,14,16H,6-11H2,1-2H3. The molecule has 25 heavy (non-hydrogen) atoms. The number of amides is 1. The predicted octanol–water partition coefficient (Wildman–Crippen LogP) is 2.24. The van der Waals surface area contributed by atoms with Crippen LogP contribution in [-0.2, 0) is 7.05 Å². The minimum absolute atomic E-state index is 0.00392. The molecule has 6 nitrogen and oxygen atoms in total. The third-order valence-corrected chi connectivity index (χ3v) is 5.31. The molecule has 2 aromatic rings. The van der Waals surface area contributed by atoms with Gasteiger partial charge in [-0.05, 0) is 44.7 Å². The molecule has 1 saturated carbocycles. The Bertz CT molecular complexity index is 855. The quantitative estimate of drug-likeness (QED) is 0.861. The number of benzene rings is 1. The van der Waals surface area contributed by atoms with E-state index in [1.165, 1.54) is 4.68 Å². The number of hydrogen-bond donors (Lipinski definition) is 0. The van der Waals surface area contributed by atoms with Crippen molar-refractivity contribution in [1.82, 2.24) is 19.2 Å². The first-order chi connectivity index (χ1) is 12.0. The van der Waals surface area contributed by atoms with Gasteiger partial charge in [0.2, 0.25) is 0 Å². The Labute approximate surface area is 147 Å². The summed E-state index contributed by atoms with van der Waals surface area (Å²) in [6.07, 6.45) is 3.87. The van der Waals surface area contributed by atoms with Crippen molar-refractivity contribution >= 4 is 5.91 Å². The van der Waals surface area contributed by atoms with Gasteiger partial charge in [-0.2, -0.15) is 5.10 Å². The lowest BCUT2D eigenvalue weighted by Gasteiger charge is -2.31. The first kappa shape index (κ1) is 16.1. The molecule has 6 heteroatoms. The number of carbonyl (C=O) groups excluding carboxylic acids is 1. The number of nitrogens with zero attached hydrogens (tertiary/aromatic N) is 4. The molecule has 1 aliphatic heterocycles. The van der Waals surface area contributed by atoms with Crippen LogP contribution in [0.4, 0.5) is 0 Å². The number of hydrogen-bond acceptors (Lipinski definition) is 3. The van der Waals surface area contributed by atoms with Crippen molar-refractivity contribution in [2.24, 2.45) is 7.05 Å². The molecule has 4 rings (SSSR count). The van der Waals surface area contributed by atoms with E-state index in [1.54, 1.807) is 7.05 Å². The van der Waals surface area contributed by atoms with Gasteiger partial charge in [0.25, 0.3) is 5.91 Å². The van der Waals surface area contributed by atoms with Gasteiger partial charge >= 0.3 is 5.69 Å².